The Morgan fingerprint density at radius 1 is 1.46 bits per heavy atom. The molecule has 2 N–H and O–H groups in total. The Kier molecular flexibility index (Phi) is 2.45. The smallest absolute Gasteiger partial charge is 0.264 e. The van der Waals surface area contributed by atoms with E-state index in [1.807, 2.05) is 0 Å². The zero-order valence-corrected chi connectivity index (χ0v) is 6.84. The molecule has 6 heteroatoms. The zero-order chi connectivity index (χ0) is 10.0. The molecule has 13 heavy (non-hydrogen) atoms. The van der Waals surface area contributed by atoms with E-state index in [0.717, 1.165) is 0 Å². The fourth-order valence-electron chi connectivity index (χ4n) is 0.949. The lowest BCUT2D eigenvalue weighted by Crippen LogP contribution is -2.12. The molecular formula is C7H8N2O4. The predicted molar refractivity (Wildman–Crippen MR) is 43.9 cm³/mol. The Bertz CT molecular complexity index is 337. The lowest BCUT2D eigenvalue weighted by molar-refractivity contribution is -0.384. The summed E-state index contributed by atoms with van der Waals surface area (Å²) in [5.74, 6) is 0. The van der Waals surface area contributed by atoms with E-state index in [1.165, 1.54) is 12.1 Å². The number of anilines is 1. The quantitative estimate of drug-likeness (QED) is 0.537. The Labute approximate surface area is 73.7 Å². The van der Waals surface area contributed by atoms with Gasteiger partial charge in [0.15, 0.2) is 5.69 Å². The fourth-order valence-corrected chi connectivity index (χ4v) is 0.949. The van der Waals surface area contributed by atoms with Gasteiger partial charge in [0.2, 0.25) is 0 Å². The number of rotatable bonds is 2. The summed E-state index contributed by atoms with van der Waals surface area (Å²) in [5.41, 5.74) is 0.0814. The summed E-state index contributed by atoms with van der Waals surface area (Å²) in [6, 6.07) is 4.06. The van der Waals surface area contributed by atoms with E-state index in [4.69, 9.17) is 10.4 Å². The van der Waals surface area contributed by atoms with E-state index in [0.29, 0.717) is 5.56 Å². The average molecular weight is 184 g/mol. The Morgan fingerprint density at radius 3 is 2.54 bits per heavy atom. The van der Waals surface area contributed by atoms with Crippen molar-refractivity contribution in [3.05, 3.63) is 33.9 Å². The molecule has 1 aromatic rings. The van der Waals surface area contributed by atoms with Crippen molar-refractivity contribution in [1.29, 1.82) is 0 Å². The zero-order valence-electron chi connectivity index (χ0n) is 6.84. The summed E-state index contributed by atoms with van der Waals surface area (Å²) in [7, 11) is 0. The van der Waals surface area contributed by atoms with Crippen LogP contribution in [0.4, 0.5) is 11.4 Å². The number of nitro benzene ring substituents is 1. The molecule has 1 rings (SSSR count). The molecule has 0 saturated heterocycles. The number of aryl methyl sites for hydroxylation is 1. The second-order valence-electron chi connectivity index (χ2n) is 2.54. The first-order valence-corrected chi connectivity index (χ1v) is 3.45. The van der Waals surface area contributed by atoms with Crippen LogP contribution in [-0.2, 0) is 0 Å². The van der Waals surface area contributed by atoms with Crippen molar-refractivity contribution in [2.24, 2.45) is 0 Å². The third-order valence-electron chi connectivity index (χ3n) is 1.54. The van der Waals surface area contributed by atoms with E-state index in [9.17, 15) is 10.1 Å². The van der Waals surface area contributed by atoms with Gasteiger partial charge in [0.05, 0.1) is 4.92 Å². The standard InChI is InChI=1S/C7H8N2O4/c1-5-2-3-6(8(10)11)7(4-5)9(12)13/h2-4,10-11H,1H3. The van der Waals surface area contributed by atoms with Gasteiger partial charge in [0.1, 0.15) is 0 Å². The van der Waals surface area contributed by atoms with Crippen LogP contribution >= 0.6 is 0 Å². The maximum absolute atomic E-state index is 10.4. The highest BCUT2D eigenvalue weighted by Gasteiger charge is 2.17. The van der Waals surface area contributed by atoms with Gasteiger partial charge in [0.25, 0.3) is 5.69 Å². The van der Waals surface area contributed by atoms with E-state index in [-0.39, 0.29) is 16.6 Å². The van der Waals surface area contributed by atoms with Crippen LogP contribution in [-0.4, -0.2) is 15.3 Å². The molecular weight excluding hydrogens is 176 g/mol. The van der Waals surface area contributed by atoms with Gasteiger partial charge in [-0.25, -0.2) is 0 Å². The van der Waals surface area contributed by atoms with Gasteiger partial charge in [0, 0.05) is 6.07 Å². The first kappa shape index (κ1) is 9.43. The minimum atomic E-state index is -0.679. The summed E-state index contributed by atoms with van der Waals surface area (Å²) < 4.78 is 0. The van der Waals surface area contributed by atoms with E-state index < -0.39 is 4.92 Å². The number of hydrogen-bond donors (Lipinski definition) is 2. The van der Waals surface area contributed by atoms with Crippen molar-refractivity contribution < 1.29 is 15.3 Å². The normalized spacial score (nSPS) is 9.77. The molecule has 0 aliphatic carbocycles. The number of hydrogen-bond acceptors (Lipinski definition) is 5. The van der Waals surface area contributed by atoms with Gasteiger partial charge < -0.3 is 0 Å². The molecule has 0 radical (unpaired) electrons. The molecule has 0 amide bonds. The number of nitrogens with zero attached hydrogens (tertiary/aromatic N) is 2. The number of benzene rings is 1. The van der Waals surface area contributed by atoms with Crippen molar-refractivity contribution in [1.82, 2.24) is 0 Å². The molecule has 1 aromatic carbocycles. The largest absolute Gasteiger partial charge is 0.297 e. The SMILES string of the molecule is Cc1ccc(N(O)O)c([N+](=O)[O-])c1. The first-order chi connectivity index (χ1) is 6.02. The minimum absolute atomic E-state index is 0.254. The molecule has 0 atom stereocenters. The first-order valence-electron chi connectivity index (χ1n) is 3.45. The third-order valence-corrected chi connectivity index (χ3v) is 1.54. The van der Waals surface area contributed by atoms with Crippen LogP contribution in [0.15, 0.2) is 18.2 Å². The lowest BCUT2D eigenvalue weighted by Gasteiger charge is -2.08. The minimum Gasteiger partial charge on any atom is -0.264 e. The maximum atomic E-state index is 10.4. The molecule has 0 aliphatic heterocycles. The Morgan fingerprint density at radius 2 is 2.08 bits per heavy atom. The van der Waals surface area contributed by atoms with Crippen LogP contribution in [0, 0.1) is 17.0 Å². The Balaban J connectivity index is 3.27. The fraction of sp³-hybridized carbons (Fsp3) is 0.143. The van der Waals surface area contributed by atoms with E-state index in [2.05, 4.69) is 0 Å². The van der Waals surface area contributed by atoms with Crippen LogP contribution in [0.2, 0.25) is 0 Å². The molecule has 0 saturated carbocycles. The molecule has 0 aromatic heterocycles. The van der Waals surface area contributed by atoms with Crippen molar-refractivity contribution in [3.8, 4) is 0 Å². The molecule has 0 bridgehead atoms. The summed E-state index contributed by atoms with van der Waals surface area (Å²) in [6.07, 6.45) is 0. The van der Waals surface area contributed by atoms with Crippen molar-refractivity contribution in [3.63, 3.8) is 0 Å². The highest BCUT2D eigenvalue weighted by molar-refractivity contribution is 5.61. The van der Waals surface area contributed by atoms with Gasteiger partial charge in [-0.3, -0.25) is 20.5 Å². The monoisotopic (exact) mass is 184 g/mol. The van der Waals surface area contributed by atoms with Gasteiger partial charge in [-0.15, -0.1) is 5.23 Å². The van der Waals surface area contributed by atoms with Crippen LogP contribution in [0.1, 0.15) is 5.56 Å². The predicted octanol–water partition coefficient (Wildman–Crippen LogP) is 1.49. The maximum Gasteiger partial charge on any atom is 0.297 e. The van der Waals surface area contributed by atoms with Gasteiger partial charge >= 0.3 is 0 Å². The van der Waals surface area contributed by atoms with Crippen LogP contribution in [0.25, 0.3) is 0 Å². The van der Waals surface area contributed by atoms with Crippen LogP contribution < -0.4 is 5.23 Å². The number of nitro groups is 1. The molecule has 0 fully saturated rings. The second kappa shape index (κ2) is 3.38. The lowest BCUT2D eigenvalue weighted by atomic mass is 10.2. The Hall–Kier alpha value is -1.66. The molecule has 6 nitrogen and oxygen atoms in total. The highest BCUT2D eigenvalue weighted by Crippen LogP contribution is 2.26. The summed E-state index contributed by atoms with van der Waals surface area (Å²) in [5, 5.41) is 27.4. The highest BCUT2D eigenvalue weighted by atomic mass is 16.8. The van der Waals surface area contributed by atoms with Gasteiger partial charge in [-0.05, 0) is 18.6 Å². The van der Waals surface area contributed by atoms with Gasteiger partial charge in [-0.2, -0.15) is 0 Å². The van der Waals surface area contributed by atoms with Crippen LogP contribution in [0.3, 0.4) is 0 Å². The van der Waals surface area contributed by atoms with E-state index >= 15 is 0 Å². The summed E-state index contributed by atoms with van der Waals surface area (Å²) >= 11 is 0. The van der Waals surface area contributed by atoms with Gasteiger partial charge in [-0.1, -0.05) is 6.07 Å². The molecule has 0 spiro atoms. The van der Waals surface area contributed by atoms with Crippen molar-refractivity contribution >= 4 is 11.4 Å². The third kappa shape index (κ3) is 1.92. The average Bonchev–Trinajstić information content (AvgIpc) is 2.03. The second-order valence-corrected chi connectivity index (χ2v) is 2.54. The molecule has 70 valence electrons. The topological polar surface area (TPSA) is 86.8 Å². The van der Waals surface area contributed by atoms with E-state index in [1.54, 1.807) is 13.0 Å². The summed E-state index contributed by atoms with van der Waals surface area (Å²) in [6.45, 7) is 1.68. The van der Waals surface area contributed by atoms with Crippen molar-refractivity contribution in [2.75, 3.05) is 5.23 Å². The van der Waals surface area contributed by atoms with Crippen molar-refractivity contribution in [2.45, 2.75) is 6.92 Å². The molecule has 0 heterocycles. The molecule has 0 unspecified atom stereocenters. The van der Waals surface area contributed by atoms with Crippen LogP contribution in [0.5, 0.6) is 0 Å². The summed E-state index contributed by atoms with van der Waals surface area (Å²) in [4.78, 5) is 9.76. The molecule has 0 aliphatic rings.